The average molecular weight is 267 g/mol. The number of aryl methyl sites for hydroxylation is 1. The van der Waals surface area contributed by atoms with Crippen molar-refractivity contribution in [2.45, 2.75) is 6.04 Å². The zero-order chi connectivity index (χ0) is 13.3. The first kappa shape index (κ1) is 13.1. The van der Waals surface area contributed by atoms with Gasteiger partial charge in [-0.05, 0) is 25.2 Å². The molecule has 0 amide bonds. The number of nitrogens with zero attached hydrogens (tertiary/aromatic N) is 1. The number of likely N-dealkylation sites (N-methyl/N-ethyl adjacent to an activating group) is 1. The number of hydrogen-bond donors (Lipinski definition) is 2. The number of aliphatic hydroxyl groups excluding tert-OH is 1. The average Bonchev–Trinajstić information content (AvgIpc) is 2.67. The van der Waals surface area contributed by atoms with E-state index >= 15 is 0 Å². The minimum atomic E-state index is -0.588. The number of nitrogens with one attached hydrogen (secondary N) is 1. The zero-order valence-electron chi connectivity index (χ0n) is 10.3. The summed E-state index contributed by atoms with van der Waals surface area (Å²) in [7, 11) is 3.53. The van der Waals surface area contributed by atoms with Crippen LogP contribution < -0.4 is 5.32 Å². The zero-order valence-corrected chi connectivity index (χ0v) is 11.0. The summed E-state index contributed by atoms with van der Waals surface area (Å²) in [6, 6.07) is 4.85. The minimum absolute atomic E-state index is 0.132. The summed E-state index contributed by atoms with van der Waals surface area (Å²) in [6.45, 7) is -0.230. The van der Waals surface area contributed by atoms with E-state index in [0.29, 0.717) is 10.6 Å². The van der Waals surface area contributed by atoms with Crippen molar-refractivity contribution in [3.05, 3.63) is 35.0 Å². The normalized spacial score (nSPS) is 12.9. The number of Topliss-reactive ketones (excluding diaryl/α,β-unsaturated/α-hetero) is 1. The van der Waals surface area contributed by atoms with Gasteiger partial charge in [0.05, 0.1) is 12.6 Å². The van der Waals surface area contributed by atoms with Crippen LogP contribution in [0.4, 0.5) is 0 Å². The van der Waals surface area contributed by atoms with E-state index in [9.17, 15) is 9.90 Å². The van der Waals surface area contributed by atoms with Crippen LogP contribution in [0.15, 0.2) is 24.4 Å². The van der Waals surface area contributed by atoms with Crippen LogP contribution in [0.5, 0.6) is 0 Å². The summed E-state index contributed by atoms with van der Waals surface area (Å²) in [5, 5.41) is 13.4. The molecule has 0 radical (unpaired) electrons. The number of aliphatic hydroxyl groups is 1. The van der Waals surface area contributed by atoms with Gasteiger partial charge in [-0.2, -0.15) is 0 Å². The first-order valence-corrected chi connectivity index (χ1v) is 6.03. The molecule has 0 aliphatic heterocycles. The van der Waals surface area contributed by atoms with Crippen LogP contribution in [0.1, 0.15) is 10.4 Å². The number of aromatic nitrogens is 1. The SMILES string of the molecule is CNC(CO)C(=O)c1cn(C)c2ccc(Cl)cc12. The highest BCUT2D eigenvalue weighted by Gasteiger charge is 2.21. The van der Waals surface area contributed by atoms with Gasteiger partial charge < -0.3 is 15.0 Å². The molecule has 1 heterocycles. The van der Waals surface area contributed by atoms with Gasteiger partial charge in [-0.25, -0.2) is 0 Å². The van der Waals surface area contributed by atoms with Crippen LogP contribution in [0.3, 0.4) is 0 Å². The maximum absolute atomic E-state index is 12.3. The van der Waals surface area contributed by atoms with Gasteiger partial charge in [-0.3, -0.25) is 4.79 Å². The van der Waals surface area contributed by atoms with Gasteiger partial charge in [0, 0.05) is 34.7 Å². The van der Waals surface area contributed by atoms with Crippen molar-refractivity contribution in [2.24, 2.45) is 7.05 Å². The number of fused-ring (bicyclic) bond motifs is 1. The second-order valence-corrected chi connectivity index (χ2v) is 4.64. The van der Waals surface area contributed by atoms with Gasteiger partial charge in [-0.1, -0.05) is 11.6 Å². The second kappa shape index (κ2) is 5.10. The molecule has 0 aliphatic carbocycles. The molecule has 2 N–H and O–H groups in total. The van der Waals surface area contributed by atoms with E-state index in [-0.39, 0.29) is 12.4 Å². The van der Waals surface area contributed by atoms with E-state index in [1.54, 1.807) is 25.4 Å². The lowest BCUT2D eigenvalue weighted by atomic mass is 10.0. The van der Waals surface area contributed by atoms with E-state index in [4.69, 9.17) is 11.6 Å². The van der Waals surface area contributed by atoms with Crippen molar-refractivity contribution in [2.75, 3.05) is 13.7 Å². The molecule has 2 rings (SSSR count). The van der Waals surface area contributed by atoms with Crippen LogP contribution in [0, 0.1) is 0 Å². The van der Waals surface area contributed by atoms with Crippen LogP contribution in [0.2, 0.25) is 5.02 Å². The van der Waals surface area contributed by atoms with Crippen molar-refractivity contribution in [3.8, 4) is 0 Å². The third-order valence-electron chi connectivity index (χ3n) is 3.06. The van der Waals surface area contributed by atoms with Gasteiger partial charge in [0.1, 0.15) is 0 Å². The predicted octanol–water partition coefficient (Wildman–Crippen LogP) is 1.59. The predicted molar refractivity (Wildman–Crippen MR) is 72.2 cm³/mol. The Hall–Kier alpha value is -1.36. The highest BCUT2D eigenvalue weighted by Crippen LogP contribution is 2.25. The molecule has 0 saturated carbocycles. The Morgan fingerprint density at radius 3 is 2.89 bits per heavy atom. The number of rotatable bonds is 4. The Labute approximate surface area is 110 Å². The van der Waals surface area contributed by atoms with Crippen LogP contribution in [-0.4, -0.2) is 35.2 Å². The quantitative estimate of drug-likeness (QED) is 0.827. The van der Waals surface area contributed by atoms with Gasteiger partial charge in [0.2, 0.25) is 0 Å². The minimum Gasteiger partial charge on any atom is -0.394 e. The van der Waals surface area contributed by atoms with E-state index in [2.05, 4.69) is 5.32 Å². The first-order valence-electron chi connectivity index (χ1n) is 5.65. The lowest BCUT2D eigenvalue weighted by Crippen LogP contribution is -2.37. The molecule has 0 fully saturated rings. The lowest BCUT2D eigenvalue weighted by Gasteiger charge is -2.10. The molecule has 1 atom stereocenters. The molecule has 0 spiro atoms. The largest absolute Gasteiger partial charge is 0.394 e. The third-order valence-corrected chi connectivity index (χ3v) is 3.30. The summed E-state index contributed by atoms with van der Waals surface area (Å²) in [5.41, 5.74) is 1.51. The Morgan fingerprint density at radius 2 is 2.28 bits per heavy atom. The summed E-state index contributed by atoms with van der Waals surface area (Å²) in [4.78, 5) is 12.3. The van der Waals surface area contributed by atoms with Crippen LogP contribution >= 0.6 is 11.6 Å². The summed E-state index contributed by atoms with van der Waals surface area (Å²) < 4.78 is 1.88. The Balaban J connectivity index is 2.57. The van der Waals surface area contributed by atoms with Crippen molar-refractivity contribution < 1.29 is 9.90 Å². The highest BCUT2D eigenvalue weighted by atomic mass is 35.5. The lowest BCUT2D eigenvalue weighted by molar-refractivity contribution is 0.0906. The Kier molecular flexibility index (Phi) is 3.71. The maximum atomic E-state index is 12.3. The monoisotopic (exact) mass is 266 g/mol. The van der Waals surface area contributed by atoms with Crippen molar-refractivity contribution in [1.29, 1.82) is 0 Å². The topological polar surface area (TPSA) is 54.3 Å². The number of carbonyl (C=O) groups excluding carboxylic acids is 1. The van der Waals surface area contributed by atoms with Crippen LogP contribution in [-0.2, 0) is 7.05 Å². The van der Waals surface area contributed by atoms with Crippen molar-refractivity contribution >= 4 is 28.3 Å². The second-order valence-electron chi connectivity index (χ2n) is 4.20. The Bertz CT molecular complexity index is 588. The molecule has 4 nitrogen and oxygen atoms in total. The molecule has 5 heteroatoms. The molecule has 0 saturated heterocycles. The summed E-state index contributed by atoms with van der Waals surface area (Å²) in [6.07, 6.45) is 1.77. The maximum Gasteiger partial charge on any atom is 0.184 e. The fourth-order valence-corrected chi connectivity index (χ4v) is 2.23. The summed E-state index contributed by atoms with van der Waals surface area (Å²) in [5.74, 6) is -0.132. The molecule has 1 aromatic heterocycles. The fourth-order valence-electron chi connectivity index (χ4n) is 2.05. The molecular weight excluding hydrogens is 252 g/mol. The van der Waals surface area contributed by atoms with E-state index in [0.717, 1.165) is 10.9 Å². The van der Waals surface area contributed by atoms with Crippen LogP contribution in [0.25, 0.3) is 10.9 Å². The smallest absolute Gasteiger partial charge is 0.184 e. The standard InChI is InChI=1S/C13H15ClN2O2/c1-15-11(7-17)13(18)10-6-16(2)12-4-3-8(14)5-9(10)12/h3-6,11,15,17H,7H2,1-2H3. The van der Waals surface area contributed by atoms with Gasteiger partial charge in [0.25, 0.3) is 0 Å². The number of ketones is 1. The molecule has 1 unspecified atom stereocenters. The molecule has 18 heavy (non-hydrogen) atoms. The Morgan fingerprint density at radius 1 is 1.56 bits per heavy atom. The molecular formula is C13H15ClN2O2. The number of halogens is 1. The van der Waals surface area contributed by atoms with E-state index < -0.39 is 6.04 Å². The number of hydrogen-bond acceptors (Lipinski definition) is 3. The van der Waals surface area contributed by atoms with Gasteiger partial charge in [-0.15, -0.1) is 0 Å². The molecule has 96 valence electrons. The third kappa shape index (κ3) is 2.14. The highest BCUT2D eigenvalue weighted by molar-refractivity contribution is 6.31. The van der Waals surface area contributed by atoms with E-state index in [1.165, 1.54) is 0 Å². The number of benzene rings is 1. The van der Waals surface area contributed by atoms with Gasteiger partial charge >= 0.3 is 0 Å². The number of carbonyl (C=O) groups is 1. The first-order chi connectivity index (χ1) is 8.58. The molecule has 2 aromatic rings. The fraction of sp³-hybridized carbons (Fsp3) is 0.308. The van der Waals surface area contributed by atoms with Crippen molar-refractivity contribution in [3.63, 3.8) is 0 Å². The van der Waals surface area contributed by atoms with E-state index in [1.807, 2.05) is 17.7 Å². The molecule has 0 aliphatic rings. The molecule has 0 bridgehead atoms. The van der Waals surface area contributed by atoms with Crippen molar-refractivity contribution in [1.82, 2.24) is 9.88 Å². The van der Waals surface area contributed by atoms with Gasteiger partial charge in [0.15, 0.2) is 5.78 Å². The summed E-state index contributed by atoms with van der Waals surface area (Å²) >= 11 is 5.97. The molecule has 1 aromatic carbocycles.